The zero-order valence-electron chi connectivity index (χ0n) is 13.6. The number of hydrogen-bond acceptors (Lipinski definition) is 2. The first-order valence-corrected chi connectivity index (χ1v) is 8.36. The molecular formula is C17H31NS. The van der Waals surface area contributed by atoms with Crippen LogP contribution < -0.4 is 5.32 Å². The van der Waals surface area contributed by atoms with Gasteiger partial charge in [-0.1, -0.05) is 41.5 Å². The van der Waals surface area contributed by atoms with Crippen molar-refractivity contribution < 1.29 is 0 Å². The maximum Gasteiger partial charge on any atom is 0.0102 e. The molecule has 1 rings (SSSR count). The van der Waals surface area contributed by atoms with E-state index in [4.69, 9.17) is 0 Å². The van der Waals surface area contributed by atoms with E-state index in [-0.39, 0.29) is 0 Å². The topological polar surface area (TPSA) is 12.0 Å². The minimum Gasteiger partial charge on any atom is -0.317 e. The van der Waals surface area contributed by atoms with Crippen molar-refractivity contribution in [3.63, 3.8) is 0 Å². The largest absolute Gasteiger partial charge is 0.317 e. The molecule has 0 aliphatic rings. The minimum atomic E-state index is 0.295. The molecule has 0 amide bonds. The normalized spacial score (nSPS) is 12.9. The molecule has 0 aliphatic carbocycles. The van der Waals surface area contributed by atoms with E-state index in [1.165, 1.54) is 24.1 Å². The smallest absolute Gasteiger partial charge is 0.0102 e. The molecule has 1 aromatic heterocycles. The van der Waals surface area contributed by atoms with Gasteiger partial charge < -0.3 is 5.32 Å². The number of rotatable bonds is 7. The highest BCUT2D eigenvalue weighted by Gasteiger charge is 2.19. The lowest BCUT2D eigenvalue weighted by molar-refractivity contribution is 0.304. The van der Waals surface area contributed by atoms with E-state index in [0.717, 1.165) is 13.1 Å². The van der Waals surface area contributed by atoms with Crippen LogP contribution in [0.5, 0.6) is 0 Å². The third kappa shape index (κ3) is 6.09. The molecule has 1 nitrogen and oxygen atoms in total. The summed E-state index contributed by atoms with van der Waals surface area (Å²) in [4.78, 5) is 3.05. The van der Waals surface area contributed by atoms with Gasteiger partial charge >= 0.3 is 0 Å². The summed E-state index contributed by atoms with van der Waals surface area (Å²) in [5.74, 6) is 0. The molecule has 2 heteroatoms. The van der Waals surface area contributed by atoms with Crippen molar-refractivity contribution in [2.75, 3.05) is 13.1 Å². The first kappa shape index (κ1) is 16.7. The average molecular weight is 282 g/mol. The van der Waals surface area contributed by atoms with Crippen molar-refractivity contribution in [2.24, 2.45) is 5.41 Å². The number of hydrogen-bond donors (Lipinski definition) is 1. The van der Waals surface area contributed by atoms with Crippen molar-refractivity contribution in [2.45, 2.75) is 66.2 Å². The summed E-state index contributed by atoms with van der Waals surface area (Å²) in [6, 6.07) is 4.64. The molecule has 0 bridgehead atoms. The molecule has 0 spiro atoms. The van der Waals surface area contributed by atoms with E-state index in [2.05, 4.69) is 59.0 Å². The minimum absolute atomic E-state index is 0.295. The van der Waals surface area contributed by atoms with E-state index in [1.54, 1.807) is 4.88 Å². The van der Waals surface area contributed by atoms with Gasteiger partial charge in [-0.15, -0.1) is 11.3 Å². The van der Waals surface area contributed by atoms with Crippen molar-refractivity contribution in [3.05, 3.63) is 21.9 Å². The van der Waals surface area contributed by atoms with Gasteiger partial charge in [0.15, 0.2) is 0 Å². The quantitative estimate of drug-likeness (QED) is 0.693. The van der Waals surface area contributed by atoms with Crippen LogP contribution in [0.4, 0.5) is 0 Å². The second kappa shape index (κ2) is 6.90. The third-order valence-corrected chi connectivity index (χ3v) is 5.25. The fourth-order valence-corrected chi connectivity index (χ4v) is 3.17. The zero-order valence-corrected chi connectivity index (χ0v) is 14.4. The Bertz CT molecular complexity index is 371. The molecule has 0 fully saturated rings. The van der Waals surface area contributed by atoms with E-state index in [0.29, 0.717) is 10.8 Å². The van der Waals surface area contributed by atoms with Gasteiger partial charge in [-0.05, 0) is 55.3 Å². The fraction of sp³-hybridized carbons (Fsp3) is 0.765. The Morgan fingerprint density at radius 1 is 1.05 bits per heavy atom. The molecular weight excluding hydrogens is 250 g/mol. The molecule has 0 saturated heterocycles. The number of nitrogens with one attached hydrogen (secondary N) is 1. The number of aryl methyl sites for hydroxylation is 1. The van der Waals surface area contributed by atoms with Crippen LogP contribution in [0.15, 0.2) is 12.1 Å². The summed E-state index contributed by atoms with van der Waals surface area (Å²) in [5, 5.41) is 3.43. The predicted octanol–water partition coefficient (Wildman–Crippen LogP) is 5.00. The lowest BCUT2D eigenvalue weighted by atomic mass is 9.84. The standard InChI is InChI=1S/C17H31NS/c1-7-18-13-12-17(5,6)11-10-14-8-9-15(19-14)16(2,3)4/h8-9,18H,7,10-13H2,1-6H3. The van der Waals surface area contributed by atoms with Crippen LogP contribution in [0.2, 0.25) is 0 Å². The van der Waals surface area contributed by atoms with E-state index in [1.807, 2.05) is 11.3 Å². The molecule has 19 heavy (non-hydrogen) atoms. The Morgan fingerprint density at radius 3 is 2.26 bits per heavy atom. The Hall–Kier alpha value is -0.340. The molecule has 0 saturated carbocycles. The van der Waals surface area contributed by atoms with Crippen molar-refractivity contribution in [3.8, 4) is 0 Å². The highest BCUT2D eigenvalue weighted by Crippen LogP contribution is 2.32. The van der Waals surface area contributed by atoms with Crippen molar-refractivity contribution >= 4 is 11.3 Å². The highest BCUT2D eigenvalue weighted by molar-refractivity contribution is 7.12. The van der Waals surface area contributed by atoms with Crippen molar-refractivity contribution in [1.82, 2.24) is 5.32 Å². The lowest BCUT2D eigenvalue weighted by Gasteiger charge is -2.24. The van der Waals surface area contributed by atoms with Crippen LogP contribution >= 0.6 is 11.3 Å². The summed E-state index contributed by atoms with van der Waals surface area (Å²) >= 11 is 1.99. The first-order chi connectivity index (χ1) is 8.74. The summed E-state index contributed by atoms with van der Waals surface area (Å²) in [5.41, 5.74) is 0.734. The molecule has 1 N–H and O–H groups in total. The lowest BCUT2D eigenvalue weighted by Crippen LogP contribution is -2.22. The predicted molar refractivity (Wildman–Crippen MR) is 88.3 cm³/mol. The van der Waals surface area contributed by atoms with Crippen LogP contribution in [-0.4, -0.2) is 13.1 Å². The van der Waals surface area contributed by atoms with Gasteiger partial charge in [0.25, 0.3) is 0 Å². The fourth-order valence-electron chi connectivity index (χ4n) is 2.11. The van der Waals surface area contributed by atoms with Gasteiger partial charge in [-0.3, -0.25) is 0 Å². The summed E-state index contributed by atoms with van der Waals surface area (Å²) in [6.07, 6.45) is 3.76. The maximum absolute atomic E-state index is 3.43. The van der Waals surface area contributed by atoms with Crippen LogP contribution in [0.25, 0.3) is 0 Å². The Labute approximate surface area is 123 Å². The van der Waals surface area contributed by atoms with Gasteiger partial charge in [-0.2, -0.15) is 0 Å². The van der Waals surface area contributed by atoms with Gasteiger partial charge in [-0.25, -0.2) is 0 Å². The highest BCUT2D eigenvalue weighted by atomic mass is 32.1. The van der Waals surface area contributed by atoms with Crippen LogP contribution in [0.1, 0.15) is 64.1 Å². The van der Waals surface area contributed by atoms with Crippen LogP contribution in [0.3, 0.4) is 0 Å². The molecule has 0 atom stereocenters. The van der Waals surface area contributed by atoms with Gasteiger partial charge in [0.1, 0.15) is 0 Å². The van der Waals surface area contributed by atoms with Crippen molar-refractivity contribution in [1.29, 1.82) is 0 Å². The van der Waals surface area contributed by atoms with Crippen LogP contribution in [-0.2, 0) is 11.8 Å². The molecule has 110 valence electrons. The Kier molecular flexibility index (Phi) is 6.07. The van der Waals surface area contributed by atoms with Gasteiger partial charge in [0.2, 0.25) is 0 Å². The molecule has 0 aromatic carbocycles. The van der Waals surface area contributed by atoms with E-state index in [9.17, 15) is 0 Å². The monoisotopic (exact) mass is 281 g/mol. The average Bonchev–Trinajstić information content (AvgIpc) is 2.75. The summed E-state index contributed by atoms with van der Waals surface area (Å²) in [7, 11) is 0. The molecule has 1 heterocycles. The molecule has 0 radical (unpaired) electrons. The van der Waals surface area contributed by atoms with E-state index >= 15 is 0 Å². The zero-order chi connectivity index (χ0) is 14.5. The Balaban J connectivity index is 2.45. The van der Waals surface area contributed by atoms with E-state index < -0.39 is 0 Å². The number of thiophene rings is 1. The molecule has 0 aliphatic heterocycles. The van der Waals surface area contributed by atoms with Gasteiger partial charge in [0.05, 0.1) is 0 Å². The first-order valence-electron chi connectivity index (χ1n) is 7.54. The summed E-state index contributed by atoms with van der Waals surface area (Å²) < 4.78 is 0. The van der Waals surface area contributed by atoms with Crippen LogP contribution in [0, 0.1) is 5.41 Å². The Morgan fingerprint density at radius 2 is 1.74 bits per heavy atom. The molecule has 1 aromatic rings. The molecule has 0 unspecified atom stereocenters. The summed E-state index contributed by atoms with van der Waals surface area (Å²) in [6.45, 7) is 16.1. The third-order valence-electron chi connectivity index (χ3n) is 3.68. The second-order valence-corrected chi connectivity index (χ2v) is 8.45. The van der Waals surface area contributed by atoms with Gasteiger partial charge in [0, 0.05) is 9.75 Å². The SMILES string of the molecule is CCNCCC(C)(C)CCc1ccc(C(C)(C)C)s1. The maximum atomic E-state index is 3.43. The second-order valence-electron chi connectivity index (χ2n) is 7.28.